The highest BCUT2D eigenvalue weighted by atomic mass is 32.2. The number of hydrogen-bond acceptors (Lipinski definition) is 12. The molecule has 4 aromatic rings. The fourth-order valence-electron chi connectivity index (χ4n) is 7.10. The zero-order valence-electron chi connectivity index (χ0n) is 22.4. The van der Waals surface area contributed by atoms with E-state index in [9.17, 15) is 9.65 Å². The molecule has 8 heterocycles. The predicted molar refractivity (Wildman–Crippen MR) is 158 cm³/mol. The number of aromatic nitrogens is 5. The van der Waals surface area contributed by atoms with E-state index in [4.69, 9.17) is 25.4 Å². The van der Waals surface area contributed by atoms with Gasteiger partial charge in [-0.05, 0) is 26.3 Å². The average molecular weight is 610 g/mol. The molecule has 0 bridgehead atoms. The maximum absolute atomic E-state index is 14.4. The minimum absolute atomic E-state index is 0.0655. The molecule has 0 aromatic carbocycles. The van der Waals surface area contributed by atoms with E-state index >= 15 is 0 Å². The van der Waals surface area contributed by atoms with Gasteiger partial charge >= 0.3 is 6.01 Å². The van der Waals surface area contributed by atoms with Crippen molar-refractivity contribution >= 4 is 56.4 Å². The van der Waals surface area contributed by atoms with Crippen molar-refractivity contribution in [3.05, 3.63) is 38.9 Å². The van der Waals surface area contributed by atoms with Gasteiger partial charge in [-0.25, -0.2) is 14.4 Å². The van der Waals surface area contributed by atoms with Gasteiger partial charge in [-0.3, -0.25) is 4.90 Å². The number of nitriles is 1. The SMILES string of the molecule is CC(c1nccs1)n1cnc2c(N3CC4(C3)SCc3sc(N)c(C#N)c34)nc(OC[C@@]34CCCN3C[C@H](F)C4)nc21. The Kier molecular flexibility index (Phi) is 5.80. The Morgan fingerprint density at radius 2 is 2.20 bits per heavy atom. The molecule has 10 nitrogen and oxygen atoms in total. The molecular formula is C27H28FN9OS3. The van der Waals surface area contributed by atoms with Crippen LogP contribution in [0.1, 0.15) is 53.2 Å². The van der Waals surface area contributed by atoms with Gasteiger partial charge in [-0.15, -0.1) is 34.4 Å². The number of rotatable bonds is 6. The summed E-state index contributed by atoms with van der Waals surface area (Å²) in [6.07, 6.45) is 5.23. The first-order chi connectivity index (χ1) is 19.9. The van der Waals surface area contributed by atoms with E-state index < -0.39 is 6.17 Å². The summed E-state index contributed by atoms with van der Waals surface area (Å²) in [7, 11) is 0. The van der Waals surface area contributed by atoms with Crippen molar-refractivity contribution in [3.63, 3.8) is 0 Å². The minimum atomic E-state index is -0.825. The van der Waals surface area contributed by atoms with Crippen LogP contribution in [0, 0.1) is 11.3 Å². The average Bonchev–Trinajstić information content (AvgIpc) is 3.76. The molecule has 3 atom stereocenters. The molecule has 1 spiro atoms. The highest BCUT2D eigenvalue weighted by Gasteiger charge is 2.53. The maximum Gasteiger partial charge on any atom is 0.320 e. The van der Waals surface area contributed by atoms with Gasteiger partial charge in [0.05, 0.1) is 28.2 Å². The molecule has 3 fully saturated rings. The summed E-state index contributed by atoms with van der Waals surface area (Å²) in [6, 6.07) is 2.56. The van der Waals surface area contributed by atoms with Crippen molar-refractivity contribution in [1.82, 2.24) is 29.4 Å². The van der Waals surface area contributed by atoms with Crippen LogP contribution in [0.2, 0.25) is 0 Å². The number of alkyl halides is 1. The molecular weight excluding hydrogens is 582 g/mol. The monoisotopic (exact) mass is 609 g/mol. The number of thioether (sulfide) groups is 1. The standard InChI is InChI=1S/C27H28FN9OS3/c1-15(24-31-4-6-39-24)37-14-32-20-22(35-11-27(12-35)19-17(8-29)21(30)41-18(19)10-40-27)33-25(34-23(20)37)38-13-26-3-2-5-36(26)9-16(28)7-26/h4,6,14-16H,2-3,5,7,9-13,30H2,1H3/t15?,16-,26+/m1/s1. The summed E-state index contributed by atoms with van der Waals surface area (Å²) in [5.41, 5.74) is 9.00. The zero-order chi connectivity index (χ0) is 27.9. The van der Waals surface area contributed by atoms with E-state index in [0.717, 1.165) is 35.7 Å². The molecule has 0 saturated carbocycles. The van der Waals surface area contributed by atoms with Crippen LogP contribution < -0.4 is 15.4 Å². The molecule has 0 amide bonds. The van der Waals surface area contributed by atoms with Gasteiger partial charge in [0.15, 0.2) is 17.0 Å². The number of thiazole rings is 1. The molecule has 4 aromatic heterocycles. The summed E-state index contributed by atoms with van der Waals surface area (Å²) >= 11 is 5.00. The molecule has 0 aliphatic carbocycles. The summed E-state index contributed by atoms with van der Waals surface area (Å²) in [5, 5.41) is 13.4. The number of anilines is 2. The van der Waals surface area contributed by atoms with E-state index in [0.29, 0.717) is 60.2 Å². The van der Waals surface area contributed by atoms with Crippen molar-refractivity contribution in [2.24, 2.45) is 0 Å². The molecule has 41 heavy (non-hydrogen) atoms. The molecule has 0 radical (unpaired) electrons. The highest BCUT2D eigenvalue weighted by Crippen LogP contribution is 2.58. The summed E-state index contributed by atoms with van der Waals surface area (Å²) < 4.78 is 22.6. The summed E-state index contributed by atoms with van der Waals surface area (Å²) in [5.74, 6) is 1.58. The van der Waals surface area contributed by atoms with E-state index in [1.807, 2.05) is 21.7 Å². The van der Waals surface area contributed by atoms with Crippen LogP contribution in [0.3, 0.4) is 0 Å². The number of nitrogens with zero attached hydrogens (tertiary/aromatic N) is 8. The third kappa shape index (κ3) is 3.82. The first-order valence-electron chi connectivity index (χ1n) is 13.8. The van der Waals surface area contributed by atoms with Crippen LogP contribution >= 0.6 is 34.4 Å². The Balaban J connectivity index is 1.15. The number of nitrogen functional groups attached to an aromatic ring is 1. The lowest BCUT2D eigenvalue weighted by molar-refractivity contribution is 0.107. The number of hydrogen-bond donors (Lipinski definition) is 1. The van der Waals surface area contributed by atoms with Gasteiger partial charge in [-0.1, -0.05) is 0 Å². The second-order valence-corrected chi connectivity index (χ2v) is 14.9. The molecule has 1 unspecified atom stereocenters. The Bertz CT molecular complexity index is 1690. The van der Waals surface area contributed by atoms with Gasteiger partial charge in [0.2, 0.25) is 0 Å². The number of thiophene rings is 1. The second kappa shape index (κ2) is 9.26. The maximum atomic E-state index is 14.4. The van der Waals surface area contributed by atoms with E-state index in [1.165, 1.54) is 16.2 Å². The number of fused-ring (bicyclic) bond motifs is 4. The Labute approximate surface area is 248 Å². The predicted octanol–water partition coefficient (Wildman–Crippen LogP) is 4.32. The highest BCUT2D eigenvalue weighted by molar-refractivity contribution is 8.00. The first-order valence-corrected chi connectivity index (χ1v) is 16.4. The topological polar surface area (TPSA) is 122 Å². The van der Waals surface area contributed by atoms with Crippen LogP contribution in [0.5, 0.6) is 6.01 Å². The molecule has 2 N–H and O–H groups in total. The third-order valence-corrected chi connectivity index (χ3v) is 12.7. The van der Waals surface area contributed by atoms with Gasteiger partial charge in [-0.2, -0.15) is 15.2 Å². The van der Waals surface area contributed by atoms with E-state index in [2.05, 4.69) is 27.8 Å². The number of nitrogens with two attached hydrogens (primary N) is 1. The smallest absolute Gasteiger partial charge is 0.320 e. The Morgan fingerprint density at radius 1 is 1.32 bits per heavy atom. The van der Waals surface area contributed by atoms with Gasteiger partial charge in [0.25, 0.3) is 0 Å². The van der Waals surface area contributed by atoms with Gasteiger partial charge < -0.3 is 19.9 Å². The van der Waals surface area contributed by atoms with Gasteiger partial charge in [0, 0.05) is 53.8 Å². The van der Waals surface area contributed by atoms with E-state index in [1.54, 1.807) is 23.9 Å². The quantitative estimate of drug-likeness (QED) is 0.338. The van der Waals surface area contributed by atoms with Crippen LogP contribution in [0.15, 0.2) is 17.9 Å². The lowest BCUT2D eigenvalue weighted by Crippen LogP contribution is -2.57. The van der Waals surface area contributed by atoms with Crippen LogP contribution in [0.25, 0.3) is 11.2 Å². The van der Waals surface area contributed by atoms with Crippen LogP contribution in [-0.2, 0) is 10.5 Å². The minimum Gasteiger partial charge on any atom is -0.461 e. The largest absolute Gasteiger partial charge is 0.461 e. The Hall–Kier alpha value is -2.99. The third-order valence-electron chi connectivity index (χ3n) is 9.09. The summed E-state index contributed by atoms with van der Waals surface area (Å²) in [4.78, 5) is 24.7. The van der Waals surface area contributed by atoms with E-state index in [-0.39, 0.29) is 22.3 Å². The van der Waals surface area contributed by atoms with Crippen LogP contribution in [0.4, 0.5) is 15.2 Å². The first kappa shape index (κ1) is 25.7. The lowest BCUT2D eigenvalue weighted by Gasteiger charge is -2.48. The number of imidazole rings is 1. The van der Waals surface area contributed by atoms with Crippen molar-refractivity contribution in [2.75, 3.05) is 43.4 Å². The number of halogens is 1. The zero-order valence-corrected chi connectivity index (χ0v) is 24.9. The number of ether oxygens (including phenoxy) is 1. The fraction of sp³-hybridized carbons (Fsp3) is 0.519. The van der Waals surface area contributed by atoms with Crippen LogP contribution in [-0.4, -0.2) is 73.9 Å². The molecule has 4 aliphatic rings. The van der Waals surface area contributed by atoms with Crippen molar-refractivity contribution < 1.29 is 9.13 Å². The summed E-state index contributed by atoms with van der Waals surface area (Å²) in [6.45, 7) is 5.20. The van der Waals surface area contributed by atoms with Crippen molar-refractivity contribution in [1.29, 1.82) is 5.26 Å². The lowest BCUT2D eigenvalue weighted by atomic mass is 9.88. The molecule has 8 rings (SSSR count). The second-order valence-electron chi connectivity index (χ2n) is 11.5. The molecule has 3 saturated heterocycles. The Morgan fingerprint density at radius 3 is 3.00 bits per heavy atom. The molecule has 4 aliphatic heterocycles. The molecule has 14 heteroatoms. The van der Waals surface area contributed by atoms with Crippen molar-refractivity contribution in [2.45, 2.75) is 54.4 Å². The molecule has 212 valence electrons. The van der Waals surface area contributed by atoms with Crippen molar-refractivity contribution in [3.8, 4) is 12.1 Å². The van der Waals surface area contributed by atoms with Gasteiger partial charge in [0.1, 0.15) is 28.9 Å². The fourth-order valence-corrected chi connectivity index (χ4v) is 10.6. The normalized spacial score (nSPS) is 25.4.